The standard InChI is InChI=1S/C21H34O3Si/c1-18(2)16-22-14-8-12-21(13-9-15-23-17-19(3)4)25-24-20-10-6-5-7-11-20/h5-7,10-11,21H,1,3,8-9,12-17,25H2,2,4H3. The molecule has 0 unspecified atom stereocenters. The summed E-state index contributed by atoms with van der Waals surface area (Å²) in [6, 6.07) is 10.1. The van der Waals surface area contributed by atoms with Gasteiger partial charge in [0.05, 0.1) is 13.2 Å². The molecule has 0 atom stereocenters. The lowest BCUT2D eigenvalue weighted by atomic mass is 10.1. The van der Waals surface area contributed by atoms with Crippen molar-refractivity contribution in [3.05, 3.63) is 54.6 Å². The summed E-state index contributed by atoms with van der Waals surface area (Å²) in [5, 5.41) is 0. The number of benzene rings is 1. The molecule has 1 rings (SSSR count). The maximum atomic E-state index is 6.09. The van der Waals surface area contributed by atoms with E-state index in [1.807, 2.05) is 44.2 Å². The Morgan fingerprint density at radius 1 is 0.920 bits per heavy atom. The molecule has 1 aromatic carbocycles. The van der Waals surface area contributed by atoms with E-state index < -0.39 is 9.76 Å². The fraction of sp³-hybridized carbons (Fsp3) is 0.524. The minimum Gasteiger partial charge on any atom is -0.549 e. The zero-order valence-electron chi connectivity index (χ0n) is 16.0. The molecule has 3 nitrogen and oxygen atoms in total. The Labute approximate surface area is 156 Å². The highest BCUT2D eigenvalue weighted by Gasteiger charge is 2.11. The SMILES string of the molecule is C=C(C)COCCCC(CCCOCC(=C)C)[SiH2]Oc1ccccc1. The van der Waals surface area contributed by atoms with Gasteiger partial charge in [-0.2, -0.15) is 0 Å². The van der Waals surface area contributed by atoms with Crippen molar-refractivity contribution in [2.75, 3.05) is 26.4 Å². The third-order valence-electron chi connectivity index (χ3n) is 3.73. The normalized spacial score (nSPS) is 11.3. The van der Waals surface area contributed by atoms with Crippen LogP contribution in [-0.2, 0) is 9.47 Å². The van der Waals surface area contributed by atoms with E-state index in [9.17, 15) is 0 Å². The molecule has 0 bridgehead atoms. The van der Waals surface area contributed by atoms with Crippen LogP contribution < -0.4 is 4.43 Å². The highest BCUT2D eigenvalue weighted by atomic mass is 28.2. The molecule has 4 heteroatoms. The maximum absolute atomic E-state index is 6.09. The first-order valence-electron chi connectivity index (χ1n) is 9.20. The smallest absolute Gasteiger partial charge is 0.222 e. The molecule has 1 aromatic rings. The molecule has 0 aliphatic heterocycles. The predicted molar refractivity (Wildman–Crippen MR) is 109 cm³/mol. The second kappa shape index (κ2) is 13.9. The van der Waals surface area contributed by atoms with Crippen molar-refractivity contribution in [1.29, 1.82) is 0 Å². The second-order valence-corrected chi connectivity index (χ2v) is 8.57. The minimum atomic E-state index is -0.619. The molecular weight excluding hydrogens is 328 g/mol. The fourth-order valence-corrected chi connectivity index (χ4v) is 4.01. The molecular formula is C21H34O3Si. The lowest BCUT2D eigenvalue weighted by molar-refractivity contribution is 0.145. The molecule has 0 fully saturated rings. The van der Waals surface area contributed by atoms with Crippen molar-refractivity contribution in [2.45, 2.75) is 45.1 Å². The lowest BCUT2D eigenvalue weighted by Gasteiger charge is -2.17. The van der Waals surface area contributed by atoms with Gasteiger partial charge in [-0.3, -0.25) is 0 Å². The topological polar surface area (TPSA) is 27.7 Å². The second-order valence-electron chi connectivity index (χ2n) is 6.79. The van der Waals surface area contributed by atoms with Gasteiger partial charge in [0.2, 0.25) is 9.76 Å². The van der Waals surface area contributed by atoms with Crippen molar-refractivity contribution in [2.24, 2.45) is 0 Å². The molecule has 0 aliphatic rings. The van der Waals surface area contributed by atoms with E-state index in [-0.39, 0.29) is 0 Å². The van der Waals surface area contributed by atoms with E-state index in [0.29, 0.717) is 18.8 Å². The summed E-state index contributed by atoms with van der Waals surface area (Å²) >= 11 is 0. The summed E-state index contributed by atoms with van der Waals surface area (Å²) in [7, 11) is -0.619. The van der Waals surface area contributed by atoms with Crippen LogP contribution in [-0.4, -0.2) is 36.2 Å². The molecule has 0 radical (unpaired) electrons. The highest BCUT2D eigenvalue weighted by molar-refractivity contribution is 6.30. The van der Waals surface area contributed by atoms with Gasteiger partial charge >= 0.3 is 0 Å². The quantitative estimate of drug-likeness (QED) is 0.257. The maximum Gasteiger partial charge on any atom is 0.222 e. The molecule has 0 N–H and O–H groups in total. The Morgan fingerprint density at radius 3 is 1.92 bits per heavy atom. The number of hydrogen-bond acceptors (Lipinski definition) is 3. The van der Waals surface area contributed by atoms with E-state index in [1.165, 1.54) is 0 Å². The Morgan fingerprint density at radius 2 is 1.44 bits per heavy atom. The Kier molecular flexibility index (Phi) is 12.0. The van der Waals surface area contributed by atoms with Gasteiger partial charge in [-0.15, -0.1) is 0 Å². The zero-order valence-corrected chi connectivity index (χ0v) is 17.4. The van der Waals surface area contributed by atoms with Gasteiger partial charge in [0, 0.05) is 13.2 Å². The molecule has 0 saturated carbocycles. The van der Waals surface area contributed by atoms with Crippen LogP contribution >= 0.6 is 0 Å². The average molecular weight is 363 g/mol. The van der Waals surface area contributed by atoms with E-state index in [4.69, 9.17) is 13.9 Å². The van der Waals surface area contributed by atoms with Gasteiger partial charge in [-0.1, -0.05) is 42.5 Å². The molecule has 0 aliphatic carbocycles. The first-order chi connectivity index (χ1) is 12.1. The molecule has 140 valence electrons. The van der Waals surface area contributed by atoms with Crippen LogP contribution in [0, 0.1) is 0 Å². The third kappa shape index (κ3) is 12.6. The Hall–Kier alpha value is -1.36. The van der Waals surface area contributed by atoms with Gasteiger partial charge in [0.1, 0.15) is 5.75 Å². The van der Waals surface area contributed by atoms with E-state index in [0.717, 1.165) is 55.8 Å². The van der Waals surface area contributed by atoms with Crippen LogP contribution in [0.3, 0.4) is 0 Å². The predicted octanol–water partition coefficient (Wildman–Crippen LogP) is 4.68. The number of rotatable bonds is 15. The van der Waals surface area contributed by atoms with Gasteiger partial charge in [0.25, 0.3) is 0 Å². The first-order valence-corrected chi connectivity index (χ1v) is 10.6. The van der Waals surface area contributed by atoms with Crippen molar-refractivity contribution < 1.29 is 13.9 Å². The van der Waals surface area contributed by atoms with E-state index >= 15 is 0 Å². The first kappa shape index (κ1) is 21.7. The third-order valence-corrected chi connectivity index (χ3v) is 5.52. The van der Waals surface area contributed by atoms with Crippen LogP contribution in [0.15, 0.2) is 54.6 Å². The minimum absolute atomic E-state index is 0.619. The summed E-state index contributed by atoms with van der Waals surface area (Å²) in [5.74, 6) is 0.997. The molecule has 0 aromatic heterocycles. The number of ether oxygens (including phenoxy) is 2. The van der Waals surface area contributed by atoms with E-state index in [1.54, 1.807) is 0 Å². The van der Waals surface area contributed by atoms with Crippen LogP contribution in [0.5, 0.6) is 5.75 Å². The number of para-hydroxylation sites is 1. The molecule has 0 spiro atoms. The zero-order chi connectivity index (χ0) is 18.3. The van der Waals surface area contributed by atoms with Crippen molar-refractivity contribution >= 4 is 9.76 Å². The van der Waals surface area contributed by atoms with Gasteiger partial charge in [-0.05, 0) is 57.2 Å². The lowest BCUT2D eigenvalue weighted by Crippen LogP contribution is -2.13. The van der Waals surface area contributed by atoms with Crippen molar-refractivity contribution in [3.8, 4) is 5.75 Å². The van der Waals surface area contributed by atoms with Gasteiger partial charge in [0.15, 0.2) is 0 Å². The summed E-state index contributed by atoms with van der Waals surface area (Å²) in [4.78, 5) is 0. The van der Waals surface area contributed by atoms with Crippen molar-refractivity contribution in [3.63, 3.8) is 0 Å². The molecule has 0 amide bonds. The summed E-state index contributed by atoms with van der Waals surface area (Å²) in [6.45, 7) is 14.6. The summed E-state index contributed by atoms with van der Waals surface area (Å²) in [6.07, 6.45) is 4.48. The van der Waals surface area contributed by atoms with Crippen molar-refractivity contribution in [1.82, 2.24) is 0 Å². The van der Waals surface area contributed by atoms with Gasteiger partial charge in [-0.25, -0.2) is 0 Å². The van der Waals surface area contributed by atoms with Crippen LogP contribution in [0.1, 0.15) is 39.5 Å². The molecule has 25 heavy (non-hydrogen) atoms. The monoisotopic (exact) mass is 362 g/mol. The van der Waals surface area contributed by atoms with Gasteiger partial charge < -0.3 is 13.9 Å². The molecule has 0 heterocycles. The summed E-state index contributed by atoms with van der Waals surface area (Å²) in [5.41, 5.74) is 2.81. The Bertz CT molecular complexity index is 463. The van der Waals surface area contributed by atoms with E-state index in [2.05, 4.69) is 13.2 Å². The van der Waals surface area contributed by atoms with Crippen LogP contribution in [0.4, 0.5) is 0 Å². The fourth-order valence-electron chi connectivity index (χ4n) is 2.48. The van der Waals surface area contributed by atoms with Crippen LogP contribution in [0.25, 0.3) is 0 Å². The number of hydrogen-bond donors (Lipinski definition) is 0. The highest BCUT2D eigenvalue weighted by Crippen LogP contribution is 2.21. The molecule has 0 saturated heterocycles. The Balaban J connectivity index is 2.29. The van der Waals surface area contributed by atoms with Crippen LogP contribution in [0.2, 0.25) is 5.54 Å². The largest absolute Gasteiger partial charge is 0.549 e. The summed E-state index contributed by atoms with van der Waals surface area (Å²) < 4.78 is 17.3. The average Bonchev–Trinajstić information content (AvgIpc) is 2.58.